The van der Waals surface area contributed by atoms with Crippen LogP contribution in [0.15, 0.2) is 29.5 Å². The van der Waals surface area contributed by atoms with Gasteiger partial charge in [-0.3, -0.25) is 5.43 Å². The summed E-state index contributed by atoms with van der Waals surface area (Å²) in [6.45, 7) is 0. The smallest absolute Gasteiger partial charge is 0.203 e. The number of hydrogen-bond donors (Lipinski definition) is 1. The lowest BCUT2D eigenvalue weighted by atomic mass is 10.2. The number of pyridine rings is 1. The van der Waals surface area contributed by atoms with E-state index in [0.29, 0.717) is 38.7 Å². The van der Waals surface area contributed by atoms with Crippen LogP contribution in [0.3, 0.4) is 0 Å². The highest BCUT2D eigenvalue weighted by Crippen LogP contribution is 2.39. The molecule has 1 heterocycles. The summed E-state index contributed by atoms with van der Waals surface area (Å²) < 4.78 is 15.9. The van der Waals surface area contributed by atoms with Crippen LogP contribution in [0, 0.1) is 0 Å². The lowest BCUT2D eigenvalue weighted by Gasteiger charge is -2.13. The Hall–Kier alpha value is -2.18. The van der Waals surface area contributed by atoms with Gasteiger partial charge in [0.1, 0.15) is 0 Å². The highest BCUT2D eigenvalue weighted by atomic mass is 35.5. The first-order chi connectivity index (χ1) is 11.1. The van der Waals surface area contributed by atoms with Gasteiger partial charge in [0.05, 0.1) is 37.6 Å². The van der Waals surface area contributed by atoms with Crippen molar-refractivity contribution in [3.63, 3.8) is 0 Å². The second kappa shape index (κ2) is 7.89. The van der Waals surface area contributed by atoms with Gasteiger partial charge in [0.2, 0.25) is 5.75 Å². The van der Waals surface area contributed by atoms with Crippen LogP contribution in [0.1, 0.15) is 5.56 Å². The molecule has 23 heavy (non-hydrogen) atoms. The molecule has 2 aromatic rings. The number of hydrazone groups is 1. The van der Waals surface area contributed by atoms with Gasteiger partial charge in [-0.15, -0.1) is 0 Å². The zero-order valence-corrected chi connectivity index (χ0v) is 14.3. The Balaban J connectivity index is 2.25. The van der Waals surface area contributed by atoms with E-state index in [2.05, 4.69) is 15.5 Å². The van der Waals surface area contributed by atoms with E-state index in [0.717, 1.165) is 0 Å². The Morgan fingerprint density at radius 2 is 1.83 bits per heavy atom. The molecular formula is C15H15Cl2N3O3. The highest BCUT2D eigenvalue weighted by Gasteiger charge is 2.14. The topological polar surface area (TPSA) is 65.0 Å². The van der Waals surface area contributed by atoms with E-state index < -0.39 is 0 Å². The standard InChI is InChI=1S/C15H15Cl2N3O3/c1-21-12-5-4-9(13(22-2)14(12)23-3)7-19-20-15-11(17)6-10(16)8-18-15/h4-8H,1-3H3,(H,18,20)/b19-7+. The third-order valence-electron chi connectivity index (χ3n) is 2.92. The second-order valence-electron chi connectivity index (χ2n) is 4.28. The van der Waals surface area contributed by atoms with Crippen LogP contribution in [-0.2, 0) is 0 Å². The Kier molecular flexibility index (Phi) is 5.90. The Morgan fingerprint density at radius 3 is 2.43 bits per heavy atom. The fourth-order valence-corrected chi connectivity index (χ4v) is 2.31. The van der Waals surface area contributed by atoms with Gasteiger partial charge in [0.15, 0.2) is 17.3 Å². The first-order valence-corrected chi connectivity index (χ1v) is 7.25. The van der Waals surface area contributed by atoms with Gasteiger partial charge in [-0.05, 0) is 18.2 Å². The molecule has 0 unspecified atom stereocenters. The van der Waals surface area contributed by atoms with E-state index >= 15 is 0 Å². The predicted molar refractivity (Wildman–Crippen MR) is 91.6 cm³/mol. The minimum absolute atomic E-state index is 0.369. The van der Waals surface area contributed by atoms with Gasteiger partial charge in [-0.25, -0.2) is 4.98 Å². The molecule has 0 aliphatic heterocycles. The zero-order valence-electron chi connectivity index (χ0n) is 12.8. The summed E-state index contributed by atoms with van der Waals surface area (Å²) in [7, 11) is 4.64. The molecule has 0 radical (unpaired) electrons. The van der Waals surface area contributed by atoms with Crippen molar-refractivity contribution in [2.75, 3.05) is 26.8 Å². The van der Waals surface area contributed by atoms with Gasteiger partial charge in [0.25, 0.3) is 0 Å². The maximum Gasteiger partial charge on any atom is 0.203 e. The highest BCUT2D eigenvalue weighted by molar-refractivity contribution is 6.35. The van der Waals surface area contributed by atoms with E-state index in [9.17, 15) is 0 Å². The molecule has 0 aliphatic rings. The summed E-state index contributed by atoms with van der Waals surface area (Å²) in [6, 6.07) is 5.13. The number of benzene rings is 1. The van der Waals surface area contributed by atoms with Crippen LogP contribution < -0.4 is 19.6 Å². The Morgan fingerprint density at radius 1 is 1.09 bits per heavy atom. The van der Waals surface area contributed by atoms with Crippen LogP contribution in [0.2, 0.25) is 10.0 Å². The van der Waals surface area contributed by atoms with Gasteiger partial charge in [-0.2, -0.15) is 5.10 Å². The number of halogens is 2. The number of nitrogens with zero attached hydrogens (tertiary/aromatic N) is 2. The second-order valence-corrected chi connectivity index (χ2v) is 5.12. The van der Waals surface area contributed by atoms with Crippen molar-refractivity contribution in [3.8, 4) is 17.2 Å². The maximum atomic E-state index is 6.01. The largest absolute Gasteiger partial charge is 0.493 e. The van der Waals surface area contributed by atoms with E-state index in [1.807, 2.05) is 0 Å². The summed E-state index contributed by atoms with van der Waals surface area (Å²) in [6.07, 6.45) is 3.04. The fraction of sp³-hybridized carbons (Fsp3) is 0.200. The molecule has 0 spiro atoms. The van der Waals surface area contributed by atoms with Crippen molar-refractivity contribution < 1.29 is 14.2 Å². The van der Waals surface area contributed by atoms with Crippen molar-refractivity contribution in [1.29, 1.82) is 0 Å². The molecule has 1 aromatic carbocycles. The molecule has 0 bridgehead atoms. The van der Waals surface area contributed by atoms with E-state index in [4.69, 9.17) is 37.4 Å². The summed E-state index contributed by atoms with van der Waals surface area (Å²) in [5.74, 6) is 1.96. The normalized spacial score (nSPS) is 10.7. The third kappa shape index (κ3) is 3.97. The first-order valence-electron chi connectivity index (χ1n) is 6.49. The maximum absolute atomic E-state index is 6.01. The summed E-state index contributed by atoms with van der Waals surface area (Å²) >= 11 is 11.8. The molecule has 2 rings (SSSR count). The molecule has 1 N–H and O–H groups in total. The number of methoxy groups -OCH3 is 3. The summed E-state index contributed by atoms with van der Waals surface area (Å²) in [5, 5.41) is 4.92. The van der Waals surface area contributed by atoms with Crippen molar-refractivity contribution in [2.45, 2.75) is 0 Å². The molecule has 0 fully saturated rings. The van der Waals surface area contributed by atoms with Gasteiger partial charge < -0.3 is 14.2 Å². The lowest BCUT2D eigenvalue weighted by molar-refractivity contribution is 0.324. The zero-order chi connectivity index (χ0) is 16.8. The predicted octanol–water partition coefficient (Wildman–Crippen LogP) is 3.86. The van der Waals surface area contributed by atoms with E-state index in [1.54, 1.807) is 38.6 Å². The van der Waals surface area contributed by atoms with Crippen LogP contribution in [-0.4, -0.2) is 32.5 Å². The molecule has 6 nitrogen and oxygen atoms in total. The van der Waals surface area contributed by atoms with Crippen molar-refractivity contribution in [3.05, 3.63) is 40.0 Å². The van der Waals surface area contributed by atoms with Crippen LogP contribution in [0.5, 0.6) is 17.2 Å². The third-order valence-corrected chi connectivity index (χ3v) is 3.41. The summed E-state index contributed by atoms with van der Waals surface area (Å²) in [5.41, 5.74) is 3.44. The number of hydrogen-bond acceptors (Lipinski definition) is 6. The SMILES string of the molecule is COc1ccc(/C=N/Nc2ncc(Cl)cc2Cl)c(OC)c1OC. The first kappa shape index (κ1) is 17.2. The molecule has 0 amide bonds. The Labute approximate surface area is 144 Å². The average molecular weight is 356 g/mol. The molecule has 0 aliphatic carbocycles. The minimum atomic E-state index is 0.369. The minimum Gasteiger partial charge on any atom is -0.493 e. The molecule has 1 aromatic heterocycles. The Bertz CT molecular complexity index is 723. The number of aromatic nitrogens is 1. The van der Waals surface area contributed by atoms with Crippen molar-refractivity contribution in [1.82, 2.24) is 4.98 Å². The number of rotatable bonds is 6. The molecule has 0 saturated carbocycles. The lowest BCUT2D eigenvalue weighted by Crippen LogP contribution is -2.00. The van der Waals surface area contributed by atoms with E-state index in [-0.39, 0.29) is 0 Å². The number of anilines is 1. The number of ether oxygens (including phenoxy) is 3. The molecule has 0 saturated heterocycles. The van der Waals surface area contributed by atoms with Crippen LogP contribution in [0.25, 0.3) is 0 Å². The monoisotopic (exact) mass is 355 g/mol. The quantitative estimate of drug-likeness (QED) is 0.629. The molecule has 0 atom stereocenters. The molecule has 8 heteroatoms. The summed E-state index contributed by atoms with van der Waals surface area (Å²) in [4.78, 5) is 4.05. The van der Waals surface area contributed by atoms with Gasteiger partial charge in [0, 0.05) is 11.8 Å². The van der Waals surface area contributed by atoms with Crippen LogP contribution >= 0.6 is 23.2 Å². The fourth-order valence-electron chi connectivity index (χ4n) is 1.89. The molecule has 122 valence electrons. The van der Waals surface area contributed by atoms with Crippen molar-refractivity contribution in [2.24, 2.45) is 5.10 Å². The van der Waals surface area contributed by atoms with Gasteiger partial charge in [-0.1, -0.05) is 23.2 Å². The van der Waals surface area contributed by atoms with E-state index in [1.165, 1.54) is 13.3 Å². The number of nitrogens with one attached hydrogen (secondary N) is 1. The average Bonchev–Trinajstić information content (AvgIpc) is 2.55. The van der Waals surface area contributed by atoms with Gasteiger partial charge >= 0.3 is 0 Å². The van der Waals surface area contributed by atoms with Crippen molar-refractivity contribution >= 4 is 35.2 Å². The van der Waals surface area contributed by atoms with Crippen LogP contribution in [0.4, 0.5) is 5.82 Å². The molecular weight excluding hydrogens is 341 g/mol.